The monoisotopic (exact) mass is 394 g/mol. The summed E-state index contributed by atoms with van der Waals surface area (Å²) in [4.78, 5) is 0.587. The van der Waals surface area contributed by atoms with Gasteiger partial charge in [0, 0.05) is 17.0 Å². The van der Waals surface area contributed by atoms with Crippen LogP contribution in [-0.4, -0.2) is 19.8 Å². The van der Waals surface area contributed by atoms with Gasteiger partial charge in [0.15, 0.2) is 5.82 Å². The number of rotatable bonds is 3. The van der Waals surface area contributed by atoms with Gasteiger partial charge in [0.05, 0.1) is 5.56 Å². The lowest BCUT2D eigenvalue weighted by Gasteiger charge is -2.06. The van der Waals surface area contributed by atoms with Crippen molar-refractivity contribution < 1.29 is 13.2 Å². The number of halogens is 4. The molecule has 0 saturated heterocycles. The van der Waals surface area contributed by atoms with Crippen molar-refractivity contribution in [2.75, 3.05) is 0 Å². The minimum Gasteiger partial charge on any atom is -0.187 e. The van der Waals surface area contributed by atoms with Crippen LogP contribution in [0.2, 0.25) is 5.02 Å². The SMILES string of the molecule is FC(F)(F)c1ccc(-c2nn3c(Cc4ccc(Cl)cc4)nnc3s2)cc1. The Kier molecular flexibility index (Phi) is 4.16. The second-order valence-corrected chi connectivity index (χ2v) is 6.99. The van der Waals surface area contributed by atoms with Crippen molar-refractivity contribution in [3.63, 3.8) is 0 Å². The smallest absolute Gasteiger partial charge is 0.187 e. The van der Waals surface area contributed by atoms with Crippen LogP contribution >= 0.6 is 22.9 Å². The molecule has 0 aliphatic carbocycles. The zero-order valence-electron chi connectivity index (χ0n) is 13.0. The van der Waals surface area contributed by atoms with E-state index in [-0.39, 0.29) is 0 Å². The lowest BCUT2D eigenvalue weighted by Crippen LogP contribution is -2.04. The van der Waals surface area contributed by atoms with Crippen molar-refractivity contribution in [2.45, 2.75) is 12.6 Å². The first-order chi connectivity index (χ1) is 12.4. The molecule has 2 aromatic heterocycles. The van der Waals surface area contributed by atoms with Crippen molar-refractivity contribution >= 4 is 27.9 Å². The molecule has 0 N–H and O–H groups in total. The molecule has 9 heteroatoms. The molecule has 0 aliphatic heterocycles. The van der Waals surface area contributed by atoms with Crippen LogP contribution in [0.25, 0.3) is 15.5 Å². The van der Waals surface area contributed by atoms with Crippen LogP contribution < -0.4 is 0 Å². The van der Waals surface area contributed by atoms with Crippen molar-refractivity contribution in [1.82, 2.24) is 19.8 Å². The Labute approximate surface area is 154 Å². The third-order valence-corrected chi connectivity index (χ3v) is 4.99. The number of benzene rings is 2. The van der Waals surface area contributed by atoms with E-state index in [4.69, 9.17) is 11.6 Å². The van der Waals surface area contributed by atoms with Crippen LogP contribution in [0.4, 0.5) is 13.2 Å². The molecule has 0 saturated carbocycles. The van der Waals surface area contributed by atoms with E-state index in [1.165, 1.54) is 23.5 Å². The van der Waals surface area contributed by atoms with Gasteiger partial charge in [-0.25, -0.2) is 0 Å². The topological polar surface area (TPSA) is 43.1 Å². The molecule has 0 radical (unpaired) electrons. The molecular formula is C17H10ClF3N4S. The van der Waals surface area contributed by atoms with E-state index < -0.39 is 11.7 Å². The van der Waals surface area contributed by atoms with Crippen molar-refractivity contribution in [3.8, 4) is 10.6 Å². The molecule has 0 spiro atoms. The Morgan fingerprint density at radius 2 is 1.65 bits per heavy atom. The Hall–Kier alpha value is -2.45. The average Bonchev–Trinajstić information content (AvgIpc) is 3.18. The lowest BCUT2D eigenvalue weighted by atomic mass is 10.1. The van der Waals surface area contributed by atoms with Crippen LogP contribution in [0.15, 0.2) is 48.5 Å². The van der Waals surface area contributed by atoms with Gasteiger partial charge in [-0.3, -0.25) is 0 Å². The van der Waals surface area contributed by atoms with Gasteiger partial charge in [0.25, 0.3) is 0 Å². The normalized spacial score (nSPS) is 12.0. The van der Waals surface area contributed by atoms with Gasteiger partial charge < -0.3 is 0 Å². The van der Waals surface area contributed by atoms with Gasteiger partial charge in [-0.1, -0.05) is 47.2 Å². The summed E-state index contributed by atoms with van der Waals surface area (Å²) in [5.41, 5.74) is 0.923. The van der Waals surface area contributed by atoms with Crippen molar-refractivity contribution in [2.24, 2.45) is 0 Å². The van der Waals surface area contributed by atoms with E-state index in [0.29, 0.717) is 32.8 Å². The fraction of sp³-hybridized carbons (Fsp3) is 0.118. The summed E-state index contributed by atoms with van der Waals surface area (Å²) >= 11 is 7.16. The summed E-state index contributed by atoms with van der Waals surface area (Å²) in [5, 5.41) is 13.9. The van der Waals surface area contributed by atoms with E-state index in [0.717, 1.165) is 17.7 Å². The van der Waals surface area contributed by atoms with Gasteiger partial charge >= 0.3 is 6.18 Å². The van der Waals surface area contributed by atoms with E-state index in [9.17, 15) is 13.2 Å². The third-order valence-electron chi connectivity index (χ3n) is 3.79. The second kappa shape index (κ2) is 6.37. The first kappa shape index (κ1) is 17.0. The minimum atomic E-state index is -4.36. The van der Waals surface area contributed by atoms with Crippen molar-refractivity contribution in [3.05, 3.63) is 70.5 Å². The number of aromatic nitrogens is 4. The molecule has 4 rings (SSSR count). The molecule has 132 valence electrons. The van der Waals surface area contributed by atoms with E-state index in [2.05, 4.69) is 15.3 Å². The zero-order valence-corrected chi connectivity index (χ0v) is 14.6. The molecule has 0 bridgehead atoms. The number of hydrogen-bond acceptors (Lipinski definition) is 4. The Morgan fingerprint density at radius 1 is 0.962 bits per heavy atom. The summed E-state index contributed by atoms with van der Waals surface area (Å²) < 4.78 is 39.7. The molecule has 4 aromatic rings. The number of alkyl halides is 3. The highest BCUT2D eigenvalue weighted by Crippen LogP contribution is 2.32. The quantitative estimate of drug-likeness (QED) is 0.484. The maximum atomic E-state index is 12.7. The highest BCUT2D eigenvalue weighted by molar-refractivity contribution is 7.19. The molecular weight excluding hydrogens is 385 g/mol. The largest absolute Gasteiger partial charge is 0.416 e. The van der Waals surface area contributed by atoms with Gasteiger partial charge in [-0.15, -0.1) is 10.2 Å². The highest BCUT2D eigenvalue weighted by Gasteiger charge is 2.30. The number of hydrogen-bond donors (Lipinski definition) is 0. The van der Waals surface area contributed by atoms with Crippen LogP contribution in [-0.2, 0) is 12.6 Å². The third kappa shape index (κ3) is 3.30. The minimum absolute atomic E-state index is 0.522. The van der Waals surface area contributed by atoms with E-state index in [1.54, 1.807) is 16.6 Å². The predicted molar refractivity (Wildman–Crippen MR) is 93.4 cm³/mol. The summed E-state index contributed by atoms with van der Waals surface area (Å²) in [7, 11) is 0. The molecule has 0 amide bonds. The summed E-state index contributed by atoms with van der Waals surface area (Å²) in [6.07, 6.45) is -3.83. The fourth-order valence-electron chi connectivity index (χ4n) is 2.47. The Balaban J connectivity index is 1.64. The second-order valence-electron chi connectivity index (χ2n) is 5.60. The van der Waals surface area contributed by atoms with Gasteiger partial charge in [0.1, 0.15) is 5.01 Å². The maximum Gasteiger partial charge on any atom is 0.416 e. The molecule has 4 nitrogen and oxygen atoms in total. The molecule has 0 aliphatic rings. The summed E-state index contributed by atoms with van der Waals surface area (Å²) in [5.74, 6) is 0.650. The fourth-order valence-corrected chi connectivity index (χ4v) is 3.46. The Bertz CT molecular complexity index is 1050. The standard InChI is InChI=1S/C17H10ClF3N4S/c18-13-7-1-10(2-8-13)9-14-22-23-16-25(14)24-15(26-16)11-3-5-12(6-4-11)17(19,20)21/h1-8H,9H2. The average molecular weight is 395 g/mol. The summed E-state index contributed by atoms with van der Waals surface area (Å²) in [6, 6.07) is 12.3. The first-order valence-electron chi connectivity index (χ1n) is 7.53. The number of fused-ring (bicyclic) bond motifs is 1. The predicted octanol–water partition coefficient (Wildman–Crippen LogP) is 5.12. The molecule has 2 aromatic carbocycles. The van der Waals surface area contributed by atoms with E-state index >= 15 is 0 Å². The maximum absolute atomic E-state index is 12.7. The van der Waals surface area contributed by atoms with Crippen LogP contribution in [0.1, 0.15) is 17.0 Å². The molecule has 0 unspecified atom stereocenters. The van der Waals surface area contributed by atoms with Crippen LogP contribution in [0.5, 0.6) is 0 Å². The van der Waals surface area contributed by atoms with Crippen LogP contribution in [0.3, 0.4) is 0 Å². The lowest BCUT2D eigenvalue weighted by molar-refractivity contribution is -0.137. The van der Waals surface area contributed by atoms with Crippen molar-refractivity contribution in [1.29, 1.82) is 0 Å². The molecule has 26 heavy (non-hydrogen) atoms. The Morgan fingerprint density at radius 3 is 2.31 bits per heavy atom. The zero-order chi connectivity index (χ0) is 18.3. The highest BCUT2D eigenvalue weighted by atomic mass is 35.5. The van der Waals surface area contributed by atoms with E-state index in [1.807, 2.05) is 12.1 Å². The molecule has 2 heterocycles. The van der Waals surface area contributed by atoms with Gasteiger partial charge in [0.2, 0.25) is 4.96 Å². The first-order valence-corrected chi connectivity index (χ1v) is 8.73. The van der Waals surface area contributed by atoms with Gasteiger partial charge in [-0.2, -0.15) is 22.8 Å². The van der Waals surface area contributed by atoms with Crippen LogP contribution in [0, 0.1) is 0 Å². The number of nitrogens with zero attached hydrogens (tertiary/aromatic N) is 4. The summed E-state index contributed by atoms with van der Waals surface area (Å²) in [6.45, 7) is 0. The van der Waals surface area contributed by atoms with Gasteiger partial charge in [-0.05, 0) is 29.8 Å². The molecule has 0 atom stereocenters. The molecule has 0 fully saturated rings.